The Bertz CT molecular complexity index is 561. The fourth-order valence-corrected chi connectivity index (χ4v) is 2.32. The quantitative estimate of drug-likeness (QED) is 0.532. The summed E-state index contributed by atoms with van der Waals surface area (Å²) < 4.78 is 2.06. The van der Waals surface area contributed by atoms with Gasteiger partial charge in [0.1, 0.15) is 0 Å². The van der Waals surface area contributed by atoms with Crippen LogP contribution in [0.15, 0.2) is 46.9 Å². The second-order valence-electron chi connectivity index (χ2n) is 3.80. The zero-order valence-corrected chi connectivity index (χ0v) is 12.9. The molecular formula is C14H10BrIO. The van der Waals surface area contributed by atoms with Crippen molar-refractivity contribution in [3.8, 4) is 0 Å². The summed E-state index contributed by atoms with van der Waals surface area (Å²) in [4.78, 5) is 12.3. The van der Waals surface area contributed by atoms with Gasteiger partial charge in [-0.25, -0.2) is 0 Å². The fraction of sp³-hybridized carbons (Fsp3) is 0.0714. The van der Waals surface area contributed by atoms with E-state index in [-0.39, 0.29) is 5.78 Å². The van der Waals surface area contributed by atoms with E-state index in [0.29, 0.717) is 0 Å². The van der Waals surface area contributed by atoms with Gasteiger partial charge in [0.25, 0.3) is 0 Å². The highest BCUT2D eigenvalue weighted by Crippen LogP contribution is 2.19. The predicted octanol–water partition coefficient (Wildman–Crippen LogP) is 4.59. The first kappa shape index (κ1) is 12.8. The van der Waals surface area contributed by atoms with Crippen LogP contribution in [0.5, 0.6) is 0 Å². The summed E-state index contributed by atoms with van der Waals surface area (Å²) in [5.74, 6) is 0.0696. The van der Waals surface area contributed by atoms with Gasteiger partial charge in [0.15, 0.2) is 5.78 Å². The lowest BCUT2D eigenvalue weighted by atomic mass is 9.99. The Morgan fingerprint density at radius 1 is 1.12 bits per heavy atom. The predicted molar refractivity (Wildman–Crippen MR) is 81.5 cm³/mol. The van der Waals surface area contributed by atoms with Gasteiger partial charge in [-0.15, -0.1) is 0 Å². The standard InChI is InChI=1S/C14H10BrIO/c1-9-2-5-11(15)8-13(9)14(17)10-3-6-12(16)7-4-10/h2-8H,1H3. The minimum atomic E-state index is 0.0696. The average Bonchev–Trinajstić information content (AvgIpc) is 2.32. The zero-order valence-electron chi connectivity index (χ0n) is 9.21. The molecule has 3 heteroatoms. The van der Waals surface area contributed by atoms with Crippen molar-refractivity contribution in [3.63, 3.8) is 0 Å². The number of benzene rings is 2. The first-order chi connectivity index (χ1) is 8.08. The van der Waals surface area contributed by atoms with Crippen molar-refractivity contribution in [3.05, 3.63) is 67.2 Å². The highest BCUT2D eigenvalue weighted by Gasteiger charge is 2.11. The summed E-state index contributed by atoms with van der Waals surface area (Å²) >= 11 is 5.62. The molecule has 0 amide bonds. The van der Waals surface area contributed by atoms with Crippen LogP contribution in [0.2, 0.25) is 0 Å². The van der Waals surface area contributed by atoms with E-state index in [1.807, 2.05) is 49.4 Å². The molecular weight excluding hydrogens is 391 g/mol. The van der Waals surface area contributed by atoms with Gasteiger partial charge in [-0.2, -0.15) is 0 Å². The summed E-state index contributed by atoms with van der Waals surface area (Å²) in [5.41, 5.74) is 2.48. The molecule has 0 radical (unpaired) electrons. The van der Waals surface area contributed by atoms with Gasteiger partial charge in [-0.1, -0.05) is 22.0 Å². The minimum Gasteiger partial charge on any atom is -0.289 e. The number of rotatable bonds is 2. The monoisotopic (exact) mass is 400 g/mol. The van der Waals surface area contributed by atoms with Crippen molar-refractivity contribution < 1.29 is 4.79 Å². The summed E-state index contributed by atoms with van der Waals surface area (Å²) in [6, 6.07) is 13.4. The maximum absolute atomic E-state index is 12.3. The Kier molecular flexibility index (Phi) is 3.99. The molecule has 0 unspecified atom stereocenters. The first-order valence-electron chi connectivity index (χ1n) is 5.14. The van der Waals surface area contributed by atoms with Crippen molar-refractivity contribution in [2.75, 3.05) is 0 Å². The molecule has 86 valence electrons. The third-order valence-corrected chi connectivity index (χ3v) is 3.76. The Hall–Kier alpha value is -0.680. The molecule has 0 fully saturated rings. The molecule has 0 saturated carbocycles. The number of hydrogen-bond acceptors (Lipinski definition) is 1. The van der Waals surface area contributed by atoms with Crippen LogP contribution in [0.3, 0.4) is 0 Å². The number of hydrogen-bond donors (Lipinski definition) is 0. The molecule has 0 heterocycles. The molecule has 0 N–H and O–H groups in total. The topological polar surface area (TPSA) is 17.1 Å². The number of aryl methyl sites for hydroxylation is 1. The van der Waals surface area contributed by atoms with Gasteiger partial charge >= 0.3 is 0 Å². The third kappa shape index (κ3) is 2.96. The van der Waals surface area contributed by atoms with E-state index in [2.05, 4.69) is 38.5 Å². The highest BCUT2D eigenvalue weighted by molar-refractivity contribution is 14.1. The van der Waals surface area contributed by atoms with Crippen LogP contribution < -0.4 is 0 Å². The number of carbonyl (C=O) groups excluding carboxylic acids is 1. The summed E-state index contributed by atoms with van der Waals surface area (Å²) in [6.07, 6.45) is 0. The molecule has 0 spiro atoms. The molecule has 0 aliphatic carbocycles. The zero-order chi connectivity index (χ0) is 12.4. The van der Waals surface area contributed by atoms with Crippen molar-refractivity contribution in [2.45, 2.75) is 6.92 Å². The van der Waals surface area contributed by atoms with Crippen LogP contribution in [0, 0.1) is 10.5 Å². The largest absolute Gasteiger partial charge is 0.289 e. The van der Waals surface area contributed by atoms with E-state index < -0.39 is 0 Å². The summed E-state index contributed by atoms with van der Waals surface area (Å²) in [5, 5.41) is 0. The molecule has 0 saturated heterocycles. The Morgan fingerprint density at radius 3 is 2.41 bits per heavy atom. The van der Waals surface area contributed by atoms with Gasteiger partial charge in [0, 0.05) is 19.2 Å². The van der Waals surface area contributed by atoms with Gasteiger partial charge < -0.3 is 0 Å². The molecule has 0 aliphatic rings. The van der Waals surface area contributed by atoms with E-state index in [1.54, 1.807) is 0 Å². The second kappa shape index (κ2) is 5.31. The second-order valence-corrected chi connectivity index (χ2v) is 5.96. The number of halogens is 2. The lowest BCUT2D eigenvalue weighted by Gasteiger charge is -2.05. The van der Waals surface area contributed by atoms with Gasteiger partial charge in [0.2, 0.25) is 0 Å². The molecule has 0 aliphatic heterocycles. The van der Waals surface area contributed by atoms with Crippen molar-refractivity contribution >= 4 is 44.3 Å². The molecule has 0 atom stereocenters. The Labute approximate surface area is 123 Å². The Morgan fingerprint density at radius 2 is 1.76 bits per heavy atom. The number of ketones is 1. The maximum Gasteiger partial charge on any atom is 0.193 e. The van der Waals surface area contributed by atoms with Gasteiger partial charge in [-0.3, -0.25) is 4.79 Å². The minimum absolute atomic E-state index is 0.0696. The summed E-state index contributed by atoms with van der Waals surface area (Å²) in [7, 11) is 0. The SMILES string of the molecule is Cc1ccc(Br)cc1C(=O)c1ccc(I)cc1. The molecule has 2 aromatic rings. The van der Waals surface area contributed by atoms with Gasteiger partial charge in [-0.05, 0) is 71.5 Å². The molecule has 17 heavy (non-hydrogen) atoms. The number of carbonyl (C=O) groups is 1. The van der Waals surface area contributed by atoms with Crippen LogP contribution in [-0.2, 0) is 0 Å². The lowest BCUT2D eigenvalue weighted by Crippen LogP contribution is -2.03. The Balaban J connectivity index is 2.43. The normalized spacial score (nSPS) is 10.3. The highest BCUT2D eigenvalue weighted by atomic mass is 127. The lowest BCUT2D eigenvalue weighted by molar-refractivity contribution is 0.103. The van der Waals surface area contributed by atoms with Crippen LogP contribution in [0.25, 0.3) is 0 Å². The van der Waals surface area contributed by atoms with Crippen LogP contribution in [-0.4, -0.2) is 5.78 Å². The van der Waals surface area contributed by atoms with Crippen molar-refractivity contribution in [1.29, 1.82) is 0 Å². The van der Waals surface area contributed by atoms with E-state index in [0.717, 1.165) is 24.7 Å². The van der Waals surface area contributed by atoms with Crippen LogP contribution in [0.1, 0.15) is 21.5 Å². The summed E-state index contributed by atoms with van der Waals surface area (Å²) in [6.45, 7) is 1.95. The van der Waals surface area contributed by atoms with Crippen molar-refractivity contribution in [1.82, 2.24) is 0 Å². The fourth-order valence-electron chi connectivity index (χ4n) is 1.60. The van der Waals surface area contributed by atoms with E-state index >= 15 is 0 Å². The van der Waals surface area contributed by atoms with E-state index in [4.69, 9.17) is 0 Å². The molecule has 2 rings (SSSR count). The van der Waals surface area contributed by atoms with Crippen LogP contribution >= 0.6 is 38.5 Å². The molecule has 2 aromatic carbocycles. The van der Waals surface area contributed by atoms with Crippen molar-refractivity contribution in [2.24, 2.45) is 0 Å². The van der Waals surface area contributed by atoms with Crippen LogP contribution in [0.4, 0.5) is 0 Å². The third-order valence-electron chi connectivity index (χ3n) is 2.55. The van der Waals surface area contributed by atoms with Gasteiger partial charge in [0.05, 0.1) is 0 Å². The average molecular weight is 401 g/mol. The molecule has 1 nitrogen and oxygen atoms in total. The van der Waals surface area contributed by atoms with E-state index in [9.17, 15) is 4.79 Å². The van der Waals surface area contributed by atoms with E-state index in [1.165, 1.54) is 0 Å². The molecule has 0 bridgehead atoms. The first-order valence-corrected chi connectivity index (χ1v) is 7.01. The maximum atomic E-state index is 12.3. The smallest absolute Gasteiger partial charge is 0.193 e. The molecule has 0 aromatic heterocycles.